The quantitative estimate of drug-likeness (QED) is 0.711. The second-order valence-corrected chi connectivity index (χ2v) is 4.56. The lowest BCUT2D eigenvalue weighted by molar-refractivity contribution is 0.561. The van der Waals surface area contributed by atoms with Crippen LogP contribution in [0.4, 0.5) is 0 Å². The van der Waals surface area contributed by atoms with Crippen LogP contribution >= 0.6 is 0 Å². The molecule has 0 aliphatic carbocycles. The standard InChI is InChI=1S/C15H12N4O/c1-9-7-13(19-15(17-9)5-6-16)11-3-4-12-14(8-11)20-10(2)18-12/h3-4,7-8H,5H2,1-2H3. The summed E-state index contributed by atoms with van der Waals surface area (Å²) in [6, 6.07) is 9.73. The van der Waals surface area contributed by atoms with Gasteiger partial charge in [0.05, 0.1) is 18.2 Å². The van der Waals surface area contributed by atoms with Crippen LogP contribution in [-0.2, 0) is 6.42 Å². The van der Waals surface area contributed by atoms with Crippen molar-refractivity contribution in [3.05, 3.63) is 41.7 Å². The van der Waals surface area contributed by atoms with Crippen molar-refractivity contribution in [2.24, 2.45) is 0 Å². The number of oxazole rings is 1. The van der Waals surface area contributed by atoms with E-state index in [4.69, 9.17) is 9.68 Å². The molecule has 98 valence electrons. The third-order valence-electron chi connectivity index (χ3n) is 2.93. The average molecular weight is 264 g/mol. The van der Waals surface area contributed by atoms with Gasteiger partial charge in [0, 0.05) is 18.2 Å². The molecule has 3 aromatic rings. The van der Waals surface area contributed by atoms with Gasteiger partial charge in [0.25, 0.3) is 0 Å². The van der Waals surface area contributed by atoms with E-state index in [1.54, 1.807) is 0 Å². The van der Waals surface area contributed by atoms with Gasteiger partial charge in [-0.05, 0) is 25.1 Å². The lowest BCUT2D eigenvalue weighted by atomic mass is 10.1. The molecule has 0 atom stereocenters. The van der Waals surface area contributed by atoms with E-state index in [-0.39, 0.29) is 6.42 Å². The number of fused-ring (bicyclic) bond motifs is 1. The van der Waals surface area contributed by atoms with E-state index in [0.717, 1.165) is 28.1 Å². The van der Waals surface area contributed by atoms with E-state index >= 15 is 0 Å². The predicted octanol–water partition coefficient (Wildman–Crippen LogP) is 2.97. The maximum Gasteiger partial charge on any atom is 0.192 e. The summed E-state index contributed by atoms with van der Waals surface area (Å²) in [5, 5.41) is 8.76. The monoisotopic (exact) mass is 264 g/mol. The Morgan fingerprint density at radius 3 is 2.80 bits per heavy atom. The molecule has 5 heteroatoms. The van der Waals surface area contributed by atoms with Gasteiger partial charge >= 0.3 is 0 Å². The molecule has 3 rings (SSSR count). The molecule has 0 saturated carbocycles. The summed E-state index contributed by atoms with van der Waals surface area (Å²) in [5.41, 5.74) is 4.12. The van der Waals surface area contributed by atoms with Crippen molar-refractivity contribution in [3.63, 3.8) is 0 Å². The molecule has 0 amide bonds. The lowest BCUT2D eigenvalue weighted by Gasteiger charge is -2.04. The fourth-order valence-electron chi connectivity index (χ4n) is 2.13. The van der Waals surface area contributed by atoms with Gasteiger partial charge in [-0.3, -0.25) is 0 Å². The number of benzene rings is 1. The van der Waals surface area contributed by atoms with Crippen LogP contribution in [0.1, 0.15) is 17.4 Å². The number of nitrogens with zero attached hydrogens (tertiary/aromatic N) is 4. The van der Waals surface area contributed by atoms with Crippen molar-refractivity contribution in [3.8, 4) is 17.3 Å². The SMILES string of the molecule is Cc1cc(-c2ccc3nc(C)oc3c2)nc(CC#N)n1. The first-order valence-electron chi connectivity index (χ1n) is 6.25. The molecule has 5 nitrogen and oxygen atoms in total. The highest BCUT2D eigenvalue weighted by Crippen LogP contribution is 2.24. The Kier molecular flexibility index (Phi) is 2.92. The summed E-state index contributed by atoms with van der Waals surface area (Å²) in [6.07, 6.45) is 0.207. The Labute approximate surface area is 115 Å². The van der Waals surface area contributed by atoms with Crippen molar-refractivity contribution in [2.75, 3.05) is 0 Å². The Bertz CT molecular complexity index is 829. The molecule has 0 aliphatic rings. The second kappa shape index (κ2) is 4.74. The molecule has 0 N–H and O–H groups in total. The van der Waals surface area contributed by atoms with Crippen LogP contribution < -0.4 is 0 Å². The summed E-state index contributed by atoms with van der Waals surface area (Å²) >= 11 is 0. The number of rotatable bonds is 2. The van der Waals surface area contributed by atoms with Gasteiger partial charge in [0.15, 0.2) is 11.5 Å². The highest BCUT2D eigenvalue weighted by molar-refractivity contribution is 5.79. The van der Waals surface area contributed by atoms with E-state index in [1.807, 2.05) is 38.1 Å². The molecular formula is C15H12N4O. The van der Waals surface area contributed by atoms with Crippen LogP contribution in [0, 0.1) is 25.2 Å². The van der Waals surface area contributed by atoms with Crippen molar-refractivity contribution >= 4 is 11.1 Å². The minimum atomic E-state index is 0.207. The molecule has 2 heterocycles. The van der Waals surface area contributed by atoms with Crippen molar-refractivity contribution in [1.82, 2.24) is 15.0 Å². The largest absolute Gasteiger partial charge is 0.441 e. The third-order valence-corrected chi connectivity index (χ3v) is 2.93. The van der Waals surface area contributed by atoms with Crippen molar-refractivity contribution in [1.29, 1.82) is 5.26 Å². The smallest absolute Gasteiger partial charge is 0.192 e. The third kappa shape index (κ3) is 2.24. The van der Waals surface area contributed by atoms with E-state index in [0.29, 0.717) is 11.7 Å². The van der Waals surface area contributed by atoms with Gasteiger partial charge in [0.1, 0.15) is 11.3 Å². The normalized spacial score (nSPS) is 10.7. The van der Waals surface area contributed by atoms with Gasteiger partial charge in [-0.15, -0.1) is 0 Å². The lowest BCUT2D eigenvalue weighted by Crippen LogP contribution is -1.98. The number of aromatic nitrogens is 3. The minimum absolute atomic E-state index is 0.207. The maximum absolute atomic E-state index is 8.76. The van der Waals surface area contributed by atoms with Gasteiger partial charge in [-0.1, -0.05) is 6.07 Å². The van der Waals surface area contributed by atoms with Gasteiger partial charge in [0.2, 0.25) is 0 Å². The molecule has 20 heavy (non-hydrogen) atoms. The summed E-state index contributed by atoms with van der Waals surface area (Å²) < 4.78 is 5.53. The Morgan fingerprint density at radius 2 is 2.00 bits per heavy atom. The number of aryl methyl sites for hydroxylation is 2. The van der Waals surface area contributed by atoms with Crippen LogP contribution in [0.25, 0.3) is 22.4 Å². The molecule has 0 saturated heterocycles. The van der Waals surface area contributed by atoms with Crippen LogP contribution in [0.2, 0.25) is 0 Å². The zero-order chi connectivity index (χ0) is 14.1. The fourth-order valence-corrected chi connectivity index (χ4v) is 2.13. The van der Waals surface area contributed by atoms with E-state index in [9.17, 15) is 0 Å². The fraction of sp³-hybridized carbons (Fsp3) is 0.200. The summed E-state index contributed by atoms with van der Waals surface area (Å²) in [6.45, 7) is 3.71. The molecule has 0 bridgehead atoms. The average Bonchev–Trinajstić information content (AvgIpc) is 2.77. The van der Waals surface area contributed by atoms with Gasteiger partial charge in [-0.2, -0.15) is 5.26 Å². The van der Waals surface area contributed by atoms with Crippen LogP contribution in [0.15, 0.2) is 28.7 Å². The van der Waals surface area contributed by atoms with Crippen LogP contribution in [0.3, 0.4) is 0 Å². The highest BCUT2D eigenvalue weighted by Gasteiger charge is 2.08. The Hall–Kier alpha value is -2.74. The summed E-state index contributed by atoms with van der Waals surface area (Å²) in [4.78, 5) is 12.9. The first-order valence-corrected chi connectivity index (χ1v) is 6.25. The number of hydrogen-bond donors (Lipinski definition) is 0. The Morgan fingerprint density at radius 1 is 1.15 bits per heavy atom. The summed E-state index contributed by atoms with van der Waals surface area (Å²) in [5.74, 6) is 1.18. The predicted molar refractivity (Wildman–Crippen MR) is 73.8 cm³/mol. The Balaban J connectivity index is 2.12. The topological polar surface area (TPSA) is 75.6 Å². The van der Waals surface area contributed by atoms with Crippen LogP contribution in [0.5, 0.6) is 0 Å². The van der Waals surface area contributed by atoms with E-state index < -0.39 is 0 Å². The van der Waals surface area contributed by atoms with Crippen LogP contribution in [-0.4, -0.2) is 15.0 Å². The minimum Gasteiger partial charge on any atom is -0.441 e. The first kappa shape index (κ1) is 12.3. The van der Waals surface area contributed by atoms with Crippen molar-refractivity contribution < 1.29 is 4.42 Å². The number of nitriles is 1. The number of hydrogen-bond acceptors (Lipinski definition) is 5. The van der Waals surface area contributed by atoms with E-state index in [2.05, 4.69) is 21.0 Å². The molecule has 0 aliphatic heterocycles. The molecule has 1 aromatic carbocycles. The van der Waals surface area contributed by atoms with Crippen molar-refractivity contribution in [2.45, 2.75) is 20.3 Å². The maximum atomic E-state index is 8.76. The zero-order valence-electron chi connectivity index (χ0n) is 11.2. The highest BCUT2D eigenvalue weighted by atomic mass is 16.3. The molecule has 2 aromatic heterocycles. The summed E-state index contributed by atoms with van der Waals surface area (Å²) in [7, 11) is 0. The molecule has 0 radical (unpaired) electrons. The molecular weight excluding hydrogens is 252 g/mol. The zero-order valence-corrected chi connectivity index (χ0v) is 11.2. The molecule has 0 fully saturated rings. The molecule has 0 spiro atoms. The van der Waals surface area contributed by atoms with Gasteiger partial charge in [-0.25, -0.2) is 15.0 Å². The molecule has 0 unspecified atom stereocenters. The van der Waals surface area contributed by atoms with E-state index in [1.165, 1.54) is 0 Å². The second-order valence-electron chi connectivity index (χ2n) is 4.56. The first-order chi connectivity index (χ1) is 9.65. The van der Waals surface area contributed by atoms with Gasteiger partial charge < -0.3 is 4.42 Å².